The average molecular weight is 285 g/mol. The quantitative estimate of drug-likeness (QED) is 0.843. The number of nitrogens with zero attached hydrogens (tertiary/aromatic N) is 3. The lowest BCUT2D eigenvalue weighted by atomic mass is 9.96. The van der Waals surface area contributed by atoms with Gasteiger partial charge in [0.1, 0.15) is 16.8 Å². The van der Waals surface area contributed by atoms with Crippen molar-refractivity contribution in [3.63, 3.8) is 0 Å². The van der Waals surface area contributed by atoms with E-state index in [9.17, 15) is 0 Å². The van der Waals surface area contributed by atoms with Crippen LogP contribution in [0, 0.1) is 0 Å². The molecule has 19 heavy (non-hydrogen) atoms. The highest BCUT2D eigenvalue weighted by atomic mass is 35.5. The summed E-state index contributed by atoms with van der Waals surface area (Å²) in [5, 5.41) is 3.79. The van der Waals surface area contributed by atoms with E-state index < -0.39 is 0 Å². The summed E-state index contributed by atoms with van der Waals surface area (Å²) in [4.78, 5) is 11.1. The summed E-state index contributed by atoms with van der Waals surface area (Å²) in [6.07, 6.45) is 0. The summed E-state index contributed by atoms with van der Waals surface area (Å²) >= 11 is 6.05. The summed E-state index contributed by atoms with van der Waals surface area (Å²) in [7, 11) is 2.11. The lowest BCUT2D eigenvalue weighted by Gasteiger charge is -2.21. The van der Waals surface area contributed by atoms with Crippen molar-refractivity contribution in [3.8, 4) is 0 Å². The highest BCUT2D eigenvalue weighted by Gasteiger charge is 2.18. The smallest absolute Gasteiger partial charge is 0.137 e. The molecule has 1 rings (SSSR count). The van der Waals surface area contributed by atoms with E-state index in [1.54, 1.807) is 6.07 Å². The first-order chi connectivity index (χ1) is 8.70. The van der Waals surface area contributed by atoms with Crippen molar-refractivity contribution in [3.05, 3.63) is 17.0 Å². The van der Waals surface area contributed by atoms with Gasteiger partial charge in [-0.1, -0.05) is 32.4 Å². The minimum absolute atomic E-state index is 0.101. The number of rotatable bonds is 5. The number of nitrogens with one attached hydrogen (secondary N) is 1. The van der Waals surface area contributed by atoms with Gasteiger partial charge in [0.25, 0.3) is 0 Å². The van der Waals surface area contributed by atoms with E-state index in [1.165, 1.54) is 0 Å². The number of hydrogen-bond acceptors (Lipinski definition) is 4. The summed E-state index contributed by atoms with van der Waals surface area (Å²) in [5.74, 6) is 1.56. The Labute approximate surface area is 121 Å². The normalized spacial score (nSPS) is 12.3. The number of halogens is 1. The fourth-order valence-electron chi connectivity index (χ4n) is 1.46. The van der Waals surface area contributed by atoms with Crippen LogP contribution in [0.2, 0.25) is 5.15 Å². The first-order valence-electron chi connectivity index (χ1n) is 6.69. The van der Waals surface area contributed by atoms with E-state index in [0.717, 1.165) is 24.7 Å². The summed E-state index contributed by atoms with van der Waals surface area (Å²) < 4.78 is 0. The molecule has 1 heterocycles. The highest BCUT2D eigenvalue weighted by molar-refractivity contribution is 6.29. The molecule has 1 aromatic heterocycles. The lowest BCUT2D eigenvalue weighted by Crippen LogP contribution is -2.31. The number of anilines is 1. The lowest BCUT2D eigenvalue weighted by molar-refractivity contribution is 0.284. The molecule has 108 valence electrons. The fraction of sp³-hybridized carbons (Fsp3) is 0.714. The van der Waals surface area contributed by atoms with Crippen LogP contribution in [-0.4, -0.2) is 41.0 Å². The molecule has 4 nitrogen and oxygen atoms in total. The van der Waals surface area contributed by atoms with Crippen molar-refractivity contribution < 1.29 is 0 Å². The molecular weight excluding hydrogens is 260 g/mol. The van der Waals surface area contributed by atoms with Gasteiger partial charge < -0.3 is 10.2 Å². The third-order valence-electron chi connectivity index (χ3n) is 3.02. The molecule has 5 heteroatoms. The van der Waals surface area contributed by atoms with Gasteiger partial charge in [-0.05, 0) is 20.9 Å². The third-order valence-corrected chi connectivity index (χ3v) is 3.21. The molecule has 1 N–H and O–H groups in total. The predicted molar refractivity (Wildman–Crippen MR) is 82.0 cm³/mol. The maximum atomic E-state index is 6.05. The molecule has 0 saturated heterocycles. The molecule has 0 radical (unpaired) electrons. The first kappa shape index (κ1) is 16.2. The van der Waals surface area contributed by atoms with Crippen LogP contribution in [-0.2, 0) is 5.41 Å². The Kier molecular flexibility index (Phi) is 5.56. The monoisotopic (exact) mass is 284 g/mol. The van der Waals surface area contributed by atoms with Gasteiger partial charge in [0.05, 0.1) is 0 Å². The van der Waals surface area contributed by atoms with E-state index in [4.69, 9.17) is 11.6 Å². The van der Waals surface area contributed by atoms with Crippen LogP contribution in [0.4, 0.5) is 5.82 Å². The van der Waals surface area contributed by atoms with Gasteiger partial charge in [0.15, 0.2) is 0 Å². The van der Waals surface area contributed by atoms with Crippen molar-refractivity contribution >= 4 is 17.4 Å². The fourth-order valence-corrected chi connectivity index (χ4v) is 1.65. The van der Waals surface area contributed by atoms with Gasteiger partial charge in [0.2, 0.25) is 0 Å². The molecule has 0 unspecified atom stereocenters. The van der Waals surface area contributed by atoms with E-state index in [2.05, 4.69) is 61.9 Å². The van der Waals surface area contributed by atoms with E-state index in [0.29, 0.717) is 11.2 Å². The molecule has 0 amide bonds. The van der Waals surface area contributed by atoms with E-state index >= 15 is 0 Å². The van der Waals surface area contributed by atoms with Gasteiger partial charge in [0, 0.05) is 30.6 Å². The minimum Gasteiger partial charge on any atom is -0.369 e. The molecule has 0 aliphatic heterocycles. The third kappa shape index (κ3) is 5.33. The maximum absolute atomic E-state index is 6.05. The Balaban J connectivity index is 2.67. The van der Waals surface area contributed by atoms with E-state index in [1.807, 2.05) is 0 Å². The second-order valence-electron chi connectivity index (χ2n) is 6.15. The van der Waals surface area contributed by atoms with Crippen molar-refractivity contribution in [2.24, 2.45) is 0 Å². The summed E-state index contributed by atoms with van der Waals surface area (Å²) in [5.41, 5.74) is -0.101. The van der Waals surface area contributed by atoms with Gasteiger partial charge in [-0.3, -0.25) is 0 Å². The van der Waals surface area contributed by atoms with Crippen molar-refractivity contribution in [1.29, 1.82) is 0 Å². The molecule has 1 aromatic rings. The van der Waals surface area contributed by atoms with Gasteiger partial charge in [-0.15, -0.1) is 0 Å². The molecule has 0 spiro atoms. The number of aromatic nitrogens is 2. The van der Waals surface area contributed by atoms with Crippen LogP contribution in [0.15, 0.2) is 6.07 Å². The van der Waals surface area contributed by atoms with Gasteiger partial charge in [-0.2, -0.15) is 0 Å². The van der Waals surface area contributed by atoms with Crippen LogP contribution in [0.25, 0.3) is 0 Å². The predicted octanol–water partition coefficient (Wildman–Crippen LogP) is 3.18. The molecule has 0 fully saturated rings. The van der Waals surface area contributed by atoms with Crippen LogP contribution in [0.1, 0.15) is 40.4 Å². The van der Waals surface area contributed by atoms with Gasteiger partial charge in [-0.25, -0.2) is 9.97 Å². The standard InChI is InChI=1S/C14H25ClN4/c1-10(2)19(6)8-7-16-12-9-11(15)17-13(18-12)14(3,4)5/h9-10H,7-8H2,1-6H3,(H,16,17,18). The molecule has 0 aliphatic carbocycles. The number of hydrogen-bond donors (Lipinski definition) is 1. The molecule has 0 atom stereocenters. The van der Waals surface area contributed by atoms with Crippen LogP contribution in [0.3, 0.4) is 0 Å². The maximum Gasteiger partial charge on any atom is 0.137 e. The van der Waals surface area contributed by atoms with Crippen LogP contribution in [0.5, 0.6) is 0 Å². The average Bonchev–Trinajstić information content (AvgIpc) is 2.26. The SMILES string of the molecule is CC(C)N(C)CCNc1cc(Cl)nc(C(C)(C)C)n1. The number of likely N-dealkylation sites (N-methyl/N-ethyl adjacent to an activating group) is 1. The Morgan fingerprint density at radius 2 is 1.95 bits per heavy atom. The zero-order valence-corrected chi connectivity index (χ0v) is 13.5. The van der Waals surface area contributed by atoms with Crippen LogP contribution >= 0.6 is 11.6 Å². The molecule has 0 aromatic carbocycles. The molecule has 0 aliphatic rings. The van der Waals surface area contributed by atoms with Crippen LogP contribution < -0.4 is 5.32 Å². The Morgan fingerprint density at radius 3 is 2.47 bits per heavy atom. The molecular formula is C14H25ClN4. The summed E-state index contributed by atoms with van der Waals surface area (Å²) in [6.45, 7) is 12.4. The second kappa shape index (κ2) is 6.53. The largest absolute Gasteiger partial charge is 0.369 e. The van der Waals surface area contributed by atoms with Crippen molar-refractivity contribution in [2.75, 3.05) is 25.5 Å². The molecule has 0 saturated carbocycles. The minimum atomic E-state index is -0.101. The Morgan fingerprint density at radius 1 is 1.32 bits per heavy atom. The first-order valence-corrected chi connectivity index (χ1v) is 7.07. The topological polar surface area (TPSA) is 41.0 Å². The molecule has 0 bridgehead atoms. The zero-order valence-electron chi connectivity index (χ0n) is 12.8. The Hall–Kier alpha value is -0.870. The van der Waals surface area contributed by atoms with E-state index in [-0.39, 0.29) is 5.41 Å². The van der Waals surface area contributed by atoms with Crippen molar-refractivity contribution in [1.82, 2.24) is 14.9 Å². The van der Waals surface area contributed by atoms with Crippen molar-refractivity contribution in [2.45, 2.75) is 46.1 Å². The highest BCUT2D eigenvalue weighted by Crippen LogP contribution is 2.22. The Bertz CT molecular complexity index is 412. The second-order valence-corrected chi connectivity index (χ2v) is 6.54. The summed E-state index contributed by atoms with van der Waals surface area (Å²) in [6, 6.07) is 2.31. The van der Waals surface area contributed by atoms with Gasteiger partial charge >= 0.3 is 0 Å². The zero-order chi connectivity index (χ0) is 14.6.